The fourth-order valence-corrected chi connectivity index (χ4v) is 4.48. The molecule has 0 N–H and O–H groups in total. The first-order chi connectivity index (χ1) is 10.5. The third-order valence-electron chi connectivity index (χ3n) is 4.09. The number of hydrogen-bond donors (Lipinski definition) is 0. The maximum absolute atomic E-state index is 13.0. The third-order valence-corrected chi connectivity index (χ3v) is 6.02. The van der Waals surface area contributed by atoms with Gasteiger partial charge in [-0.3, -0.25) is 0 Å². The third kappa shape index (κ3) is 2.73. The van der Waals surface area contributed by atoms with Crippen LogP contribution in [0, 0.1) is 0 Å². The number of aromatic nitrogens is 3. The molecular weight excluding hydrogens is 302 g/mol. The summed E-state index contributed by atoms with van der Waals surface area (Å²) in [5, 5.41) is 8.41. The van der Waals surface area contributed by atoms with Crippen LogP contribution in [0.4, 0.5) is 0 Å². The van der Waals surface area contributed by atoms with Gasteiger partial charge in [-0.25, -0.2) is 8.42 Å². The fourth-order valence-electron chi connectivity index (χ4n) is 2.87. The van der Waals surface area contributed by atoms with E-state index in [2.05, 4.69) is 22.0 Å². The monoisotopic (exact) mass is 323 g/mol. The van der Waals surface area contributed by atoms with Gasteiger partial charge in [0.05, 0.1) is 0 Å². The van der Waals surface area contributed by atoms with Crippen LogP contribution in [0.1, 0.15) is 13.3 Å². The van der Waals surface area contributed by atoms with E-state index in [1.54, 1.807) is 29.6 Å². The van der Waals surface area contributed by atoms with Crippen LogP contribution < -0.4 is 0 Å². The van der Waals surface area contributed by atoms with Gasteiger partial charge in [-0.1, -0.05) is 13.0 Å². The molecule has 1 aromatic carbocycles. The first-order valence-corrected chi connectivity index (χ1v) is 8.99. The van der Waals surface area contributed by atoms with Crippen LogP contribution in [-0.2, 0) is 17.1 Å². The van der Waals surface area contributed by atoms with Gasteiger partial charge in [-0.15, -0.1) is 0 Å². The molecule has 1 aliphatic heterocycles. The molecule has 2 heterocycles. The molecule has 22 heavy (non-hydrogen) atoms. The summed E-state index contributed by atoms with van der Waals surface area (Å²) in [5.74, 6) is 0. The van der Waals surface area contributed by atoms with E-state index < -0.39 is 10.0 Å². The Kier molecular flexibility index (Phi) is 4.16. The number of fused-ring (bicyclic) bond motifs is 1. The van der Waals surface area contributed by atoms with E-state index >= 15 is 0 Å². The number of hydrogen-bond acceptors (Lipinski definition) is 5. The molecule has 0 spiro atoms. The molecule has 0 aliphatic carbocycles. The zero-order valence-electron chi connectivity index (χ0n) is 12.9. The second-order valence-corrected chi connectivity index (χ2v) is 7.41. The summed E-state index contributed by atoms with van der Waals surface area (Å²) in [4.78, 5) is 3.94. The summed E-state index contributed by atoms with van der Waals surface area (Å²) in [6.45, 7) is 5.84. The Morgan fingerprint density at radius 3 is 2.73 bits per heavy atom. The summed E-state index contributed by atoms with van der Waals surface area (Å²) in [6.07, 6.45) is 0.851. The standard InChI is InChI=1S/C14H21N5O2S/c1-3-18-8-5-9-19(11-10-18)22(20,21)13-7-4-6-12-14(13)16-17(2)15-12/h4,6-7H,3,5,8-11H2,1-2H3. The van der Waals surface area contributed by atoms with E-state index in [0.29, 0.717) is 24.1 Å². The highest BCUT2D eigenvalue weighted by molar-refractivity contribution is 7.89. The Hall–Kier alpha value is -1.51. The highest BCUT2D eigenvalue weighted by Crippen LogP contribution is 2.24. The topological polar surface area (TPSA) is 71.3 Å². The number of nitrogens with zero attached hydrogens (tertiary/aromatic N) is 5. The Morgan fingerprint density at radius 2 is 1.95 bits per heavy atom. The number of sulfonamides is 1. The minimum Gasteiger partial charge on any atom is -0.302 e. The van der Waals surface area contributed by atoms with Gasteiger partial charge in [0.25, 0.3) is 0 Å². The van der Waals surface area contributed by atoms with E-state index in [-0.39, 0.29) is 4.90 Å². The largest absolute Gasteiger partial charge is 0.302 e. The average Bonchev–Trinajstić information content (AvgIpc) is 2.72. The summed E-state index contributed by atoms with van der Waals surface area (Å²) in [6, 6.07) is 5.12. The van der Waals surface area contributed by atoms with Crippen LogP contribution in [-0.4, -0.2) is 65.3 Å². The van der Waals surface area contributed by atoms with Gasteiger partial charge >= 0.3 is 0 Å². The van der Waals surface area contributed by atoms with Crippen molar-refractivity contribution < 1.29 is 8.42 Å². The van der Waals surface area contributed by atoms with Crippen molar-refractivity contribution in [2.24, 2.45) is 7.05 Å². The number of likely N-dealkylation sites (N-methyl/N-ethyl adjacent to an activating group) is 1. The molecule has 1 fully saturated rings. The van der Waals surface area contributed by atoms with Crippen molar-refractivity contribution in [2.45, 2.75) is 18.2 Å². The molecule has 120 valence electrons. The number of benzene rings is 1. The van der Waals surface area contributed by atoms with E-state index in [9.17, 15) is 8.42 Å². The smallest absolute Gasteiger partial charge is 0.245 e. The molecule has 2 aromatic rings. The maximum atomic E-state index is 13.0. The van der Waals surface area contributed by atoms with Crippen LogP contribution in [0.2, 0.25) is 0 Å². The molecule has 0 atom stereocenters. The number of aryl methyl sites for hydroxylation is 1. The Morgan fingerprint density at radius 1 is 1.14 bits per heavy atom. The van der Waals surface area contributed by atoms with Gasteiger partial charge in [-0.2, -0.15) is 19.3 Å². The molecule has 0 saturated carbocycles. The fraction of sp³-hybridized carbons (Fsp3) is 0.571. The number of rotatable bonds is 3. The Balaban J connectivity index is 1.97. The van der Waals surface area contributed by atoms with Crippen molar-refractivity contribution in [3.8, 4) is 0 Å². The SMILES string of the molecule is CCN1CCCN(S(=O)(=O)c2cccc3nn(C)nc23)CC1. The molecule has 0 radical (unpaired) electrons. The van der Waals surface area contributed by atoms with Gasteiger partial charge in [0.15, 0.2) is 0 Å². The van der Waals surface area contributed by atoms with Crippen LogP contribution in [0.5, 0.6) is 0 Å². The first kappa shape index (κ1) is 15.4. The summed E-state index contributed by atoms with van der Waals surface area (Å²) < 4.78 is 27.6. The molecular formula is C14H21N5O2S. The lowest BCUT2D eigenvalue weighted by molar-refractivity contribution is 0.302. The lowest BCUT2D eigenvalue weighted by atomic mass is 10.3. The molecule has 1 aromatic heterocycles. The second kappa shape index (κ2) is 5.94. The summed E-state index contributed by atoms with van der Waals surface area (Å²) in [5.41, 5.74) is 1.05. The predicted octanol–water partition coefficient (Wildman–Crippen LogP) is 0.685. The minimum absolute atomic E-state index is 0.253. The molecule has 7 nitrogen and oxygen atoms in total. The van der Waals surface area contributed by atoms with Crippen LogP contribution in [0.3, 0.4) is 0 Å². The second-order valence-electron chi connectivity index (χ2n) is 5.51. The van der Waals surface area contributed by atoms with E-state index in [1.807, 2.05) is 0 Å². The van der Waals surface area contributed by atoms with E-state index in [4.69, 9.17) is 0 Å². The minimum atomic E-state index is -3.54. The lowest BCUT2D eigenvalue weighted by Gasteiger charge is -2.20. The van der Waals surface area contributed by atoms with Crippen molar-refractivity contribution in [1.29, 1.82) is 0 Å². The molecule has 0 bridgehead atoms. The molecule has 1 saturated heterocycles. The van der Waals surface area contributed by atoms with Gasteiger partial charge in [0.2, 0.25) is 10.0 Å². The molecule has 3 rings (SSSR count). The Labute approximate surface area is 130 Å². The van der Waals surface area contributed by atoms with E-state index in [0.717, 1.165) is 26.1 Å². The van der Waals surface area contributed by atoms with Crippen LogP contribution in [0.15, 0.2) is 23.1 Å². The van der Waals surface area contributed by atoms with Crippen molar-refractivity contribution in [3.63, 3.8) is 0 Å². The van der Waals surface area contributed by atoms with Crippen LogP contribution in [0.25, 0.3) is 11.0 Å². The van der Waals surface area contributed by atoms with Crippen molar-refractivity contribution in [3.05, 3.63) is 18.2 Å². The van der Waals surface area contributed by atoms with E-state index in [1.165, 1.54) is 4.80 Å². The first-order valence-electron chi connectivity index (χ1n) is 7.55. The summed E-state index contributed by atoms with van der Waals surface area (Å²) in [7, 11) is -1.84. The van der Waals surface area contributed by atoms with Gasteiger partial charge in [0.1, 0.15) is 15.9 Å². The maximum Gasteiger partial charge on any atom is 0.245 e. The zero-order chi connectivity index (χ0) is 15.7. The van der Waals surface area contributed by atoms with Crippen molar-refractivity contribution >= 4 is 21.1 Å². The quantitative estimate of drug-likeness (QED) is 0.831. The normalized spacial score (nSPS) is 18.6. The van der Waals surface area contributed by atoms with Gasteiger partial charge < -0.3 is 4.90 Å². The Bertz CT molecular complexity index is 771. The predicted molar refractivity (Wildman–Crippen MR) is 84.0 cm³/mol. The van der Waals surface area contributed by atoms with Crippen molar-refractivity contribution in [2.75, 3.05) is 32.7 Å². The van der Waals surface area contributed by atoms with Crippen LogP contribution >= 0.6 is 0 Å². The lowest BCUT2D eigenvalue weighted by Crippen LogP contribution is -2.35. The van der Waals surface area contributed by atoms with Crippen molar-refractivity contribution in [1.82, 2.24) is 24.2 Å². The highest BCUT2D eigenvalue weighted by Gasteiger charge is 2.29. The molecule has 8 heteroatoms. The van der Waals surface area contributed by atoms with Gasteiger partial charge in [0, 0.05) is 26.7 Å². The molecule has 0 amide bonds. The molecule has 1 aliphatic rings. The summed E-state index contributed by atoms with van der Waals surface area (Å²) >= 11 is 0. The van der Waals surface area contributed by atoms with Gasteiger partial charge in [-0.05, 0) is 31.6 Å². The highest BCUT2D eigenvalue weighted by atomic mass is 32.2. The molecule has 0 unspecified atom stereocenters. The zero-order valence-corrected chi connectivity index (χ0v) is 13.8. The average molecular weight is 323 g/mol.